The Balaban J connectivity index is 0.000000574. The van der Waals surface area contributed by atoms with Gasteiger partial charge >= 0.3 is 0 Å². The van der Waals surface area contributed by atoms with E-state index >= 15 is 0 Å². The normalized spacial score (nSPS) is 25.4. The molecule has 1 aromatic rings. The maximum absolute atomic E-state index is 6.38. The number of piperidine rings is 1. The summed E-state index contributed by atoms with van der Waals surface area (Å²) in [7, 11) is 2.19. The van der Waals surface area contributed by atoms with Crippen LogP contribution in [0.1, 0.15) is 37.9 Å². The Morgan fingerprint density at radius 3 is 2.67 bits per heavy atom. The molecule has 0 saturated carbocycles. The molecule has 0 aromatic carbocycles. The summed E-state index contributed by atoms with van der Waals surface area (Å²) in [6, 6.07) is 4.56. The quantitative estimate of drug-likeness (QED) is 0.762. The summed E-state index contributed by atoms with van der Waals surface area (Å²) >= 11 is 0. The van der Waals surface area contributed by atoms with Crippen molar-refractivity contribution in [2.75, 3.05) is 20.1 Å². The lowest BCUT2D eigenvalue weighted by Crippen LogP contribution is -2.49. The Morgan fingerprint density at radius 1 is 1.33 bits per heavy atom. The molecule has 3 rings (SSSR count). The van der Waals surface area contributed by atoms with Gasteiger partial charge in [0.1, 0.15) is 0 Å². The molecule has 0 amide bonds. The smallest absolute Gasteiger partial charge is 0.0457 e. The Bertz CT molecular complexity index is 394. The van der Waals surface area contributed by atoms with Gasteiger partial charge in [0.05, 0.1) is 0 Å². The van der Waals surface area contributed by atoms with Gasteiger partial charge in [0.15, 0.2) is 0 Å². The highest BCUT2D eigenvalue weighted by Crippen LogP contribution is 2.44. The minimum absolute atomic E-state index is 0.218. The van der Waals surface area contributed by atoms with Crippen molar-refractivity contribution in [3.63, 3.8) is 0 Å². The lowest BCUT2D eigenvalue weighted by molar-refractivity contribution is 0.172. The minimum Gasteiger partial charge on any atom is -0.327 e. The van der Waals surface area contributed by atoms with Gasteiger partial charge in [-0.1, -0.05) is 19.9 Å². The van der Waals surface area contributed by atoms with Crippen LogP contribution in [0.4, 0.5) is 0 Å². The fourth-order valence-corrected chi connectivity index (χ4v) is 3.32. The second-order valence-electron chi connectivity index (χ2n) is 5.27. The van der Waals surface area contributed by atoms with Gasteiger partial charge in [0, 0.05) is 29.8 Å². The topological polar surface area (TPSA) is 42.2 Å². The van der Waals surface area contributed by atoms with E-state index in [0.717, 1.165) is 19.5 Å². The number of likely N-dealkylation sites (tertiary alicyclic amines) is 1. The zero-order chi connectivity index (χ0) is 13.2. The maximum Gasteiger partial charge on any atom is 0.0457 e. The Hall–Kier alpha value is -0.930. The molecule has 0 bridgehead atoms. The average molecular weight is 247 g/mol. The lowest BCUT2D eigenvalue weighted by Gasteiger charge is -2.41. The molecule has 1 spiro atoms. The predicted molar refractivity (Wildman–Crippen MR) is 75.7 cm³/mol. The number of aromatic nitrogens is 1. The molecule has 1 aliphatic heterocycles. The van der Waals surface area contributed by atoms with Gasteiger partial charge in [-0.3, -0.25) is 4.98 Å². The van der Waals surface area contributed by atoms with Crippen LogP contribution < -0.4 is 5.73 Å². The predicted octanol–water partition coefficient (Wildman–Crippen LogP) is 1.95. The summed E-state index contributed by atoms with van der Waals surface area (Å²) < 4.78 is 0. The van der Waals surface area contributed by atoms with Crippen LogP contribution in [0.3, 0.4) is 0 Å². The molecular weight excluding hydrogens is 222 g/mol. The minimum atomic E-state index is 0.218. The highest BCUT2D eigenvalue weighted by molar-refractivity contribution is 5.38. The Kier molecular flexibility index (Phi) is 4.03. The van der Waals surface area contributed by atoms with Crippen LogP contribution >= 0.6 is 0 Å². The summed E-state index contributed by atoms with van der Waals surface area (Å²) in [5.74, 6) is 0. The van der Waals surface area contributed by atoms with E-state index in [1.165, 1.54) is 24.1 Å². The maximum atomic E-state index is 6.38. The van der Waals surface area contributed by atoms with E-state index in [-0.39, 0.29) is 11.5 Å². The zero-order valence-corrected chi connectivity index (χ0v) is 11.8. The van der Waals surface area contributed by atoms with Gasteiger partial charge in [-0.2, -0.15) is 0 Å². The van der Waals surface area contributed by atoms with Crippen LogP contribution in [0, 0.1) is 0 Å². The molecule has 0 radical (unpaired) electrons. The van der Waals surface area contributed by atoms with Crippen LogP contribution in [0.2, 0.25) is 0 Å². The van der Waals surface area contributed by atoms with Crippen molar-refractivity contribution in [3.8, 4) is 0 Å². The molecule has 1 aliphatic carbocycles. The van der Waals surface area contributed by atoms with E-state index in [4.69, 9.17) is 5.73 Å². The Morgan fingerprint density at radius 2 is 2.00 bits per heavy atom. The molecule has 1 atom stereocenters. The highest BCUT2D eigenvalue weighted by atomic mass is 15.1. The van der Waals surface area contributed by atoms with Crippen LogP contribution in [0.15, 0.2) is 18.3 Å². The van der Waals surface area contributed by atoms with E-state index < -0.39 is 0 Å². The van der Waals surface area contributed by atoms with E-state index in [9.17, 15) is 0 Å². The molecule has 2 N–H and O–H groups in total. The van der Waals surface area contributed by atoms with Crippen LogP contribution in [0.25, 0.3) is 0 Å². The third kappa shape index (κ3) is 2.06. The Labute approximate surface area is 110 Å². The molecule has 1 unspecified atom stereocenters. The molecule has 2 aliphatic rings. The fraction of sp³-hybridized carbons (Fsp3) is 0.667. The SMILES string of the molecule is CC.CN1CCC2(CC1)c1cccnc1CC2N. The number of fused-ring (bicyclic) bond motifs is 2. The lowest BCUT2D eigenvalue weighted by atomic mass is 9.72. The van der Waals surface area contributed by atoms with Crippen molar-refractivity contribution in [1.82, 2.24) is 9.88 Å². The summed E-state index contributed by atoms with van der Waals surface area (Å²) in [4.78, 5) is 6.88. The van der Waals surface area contributed by atoms with Crippen molar-refractivity contribution in [3.05, 3.63) is 29.6 Å². The van der Waals surface area contributed by atoms with Gasteiger partial charge in [0.2, 0.25) is 0 Å². The molecule has 3 heteroatoms. The molecule has 1 aromatic heterocycles. The number of rotatable bonds is 0. The molecule has 1 fully saturated rings. The number of hydrogen-bond donors (Lipinski definition) is 1. The first kappa shape index (κ1) is 13.5. The van der Waals surface area contributed by atoms with E-state index in [1.807, 2.05) is 20.0 Å². The van der Waals surface area contributed by atoms with Gasteiger partial charge in [-0.15, -0.1) is 0 Å². The van der Waals surface area contributed by atoms with Gasteiger partial charge < -0.3 is 10.6 Å². The van der Waals surface area contributed by atoms with E-state index in [2.05, 4.69) is 29.1 Å². The third-order valence-corrected chi connectivity index (χ3v) is 4.43. The van der Waals surface area contributed by atoms with Crippen molar-refractivity contribution < 1.29 is 0 Å². The van der Waals surface area contributed by atoms with Gasteiger partial charge in [0.25, 0.3) is 0 Å². The molecule has 100 valence electrons. The van der Waals surface area contributed by atoms with Crippen LogP contribution in [-0.4, -0.2) is 36.1 Å². The summed E-state index contributed by atoms with van der Waals surface area (Å²) in [5, 5.41) is 0. The monoisotopic (exact) mass is 247 g/mol. The molecule has 18 heavy (non-hydrogen) atoms. The number of nitrogens with two attached hydrogens (primary N) is 1. The number of nitrogens with zero attached hydrogens (tertiary/aromatic N) is 2. The molecule has 2 heterocycles. The summed E-state index contributed by atoms with van der Waals surface area (Å²) in [6.07, 6.45) is 5.21. The standard InChI is InChI=1S/C13H19N3.C2H6/c1-16-7-4-13(5-8-16)10-3-2-6-15-11(10)9-12(13)14;1-2/h2-3,6,12H,4-5,7-9,14H2,1H3;1-2H3. The van der Waals surface area contributed by atoms with Crippen molar-refractivity contribution in [2.24, 2.45) is 5.73 Å². The second-order valence-corrected chi connectivity index (χ2v) is 5.27. The second kappa shape index (κ2) is 5.37. The van der Waals surface area contributed by atoms with Crippen molar-refractivity contribution >= 4 is 0 Å². The molecule has 1 saturated heterocycles. The van der Waals surface area contributed by atoms with Crippen LogP contribution in [-0.2, 0) is 11.8 Å². The third-order valence-electron chi connectivity index (χ3n) is 4.43. The summed E-state index contributed by atoms with van der Waals surface area (Å²) in [5.41, 5.74) is 9.26. The zero-order valence-electron chi connectivity index (χ0n) is 11.8. The first-order valence-electron chi connectivity index (χ1n) is 7.11. The van der Waals surface area contributed by atoms with Crippen LogP contribution in [0.5, 0.6) is 0 Å². The first-order valence-corrected chi connectivity index (χ1v) is 7.11. The van der Waals surface area contributed by atoms with Gasteiger partial charge in [-0.25, -0.2) is 0 Å². The molecular formula is C15H25N3. The number of pyridine rings is 1. The van der Waals surface area contributed by atoms with E-state index in [0.29, 0.717) is 0 Å². The number of hydrogen-bond acceptors (Lipinski definition) is 3. The van der Waals surface area contributed by atoms with Gasteiger partial charge in [-0.05, 0) is 44.6 Å². The molecule has 3 nitrogen and oxygen atoms in total. The first-order chi connectivity index (χ1) is 8.72. The van der Waals surface area contributed by atoms with E-state index in [1.54, 1.807) is 0 Å². The van der Waals surface area contributed by atoms with Crippen molar-refractivity contribution in [2.45, 2.75) is 44.6 Å². The average Bonchev–Trinajstić information content (AvgIpc) is 2.69. The van der Waals surface area contributed by atoms with Crippen molar-refractivity contribution in [1.29, 1.82) is 0 Å². The largest absolute Gasteiger partial charge is 0.327 e. The highest BCUT2D eigenvalue weighted by Gasteiger charge is 2.46. The fourth-order valence-electron chi connectivity index (χ4n) is 3.32. The summed E-state index contributed by atoms with van der Waals surface area (Å²) in [6.45, 7) is 6.31.